The second-order valence-corrected chi connectivity index (χ2v) is 6.22. The molecule has 4 nitrogen and oxygen atoms in total. The van der Waals surface area contributed by atoms with Crippen LogP contribution in [-0.4, -0.2) is 38.8 Å². The van der Waals surface area contributed by atoms with Crippen molar-refractivity contribution in [2.24, 2.45) is 5.92 Å². The fraction of sp³-hybridized carbons (Fsp3) is 0.786. The number of hydrogen-bond donors (Lipinski definition) is 1. The van der Waals surface area contributed by atoms with Crippen LogP contribution >= 0.6 is 11.3 Å². The third kappa shape index (κ3) is 5.47. The minimum atomic E-state index is 0.682. The Morgan fingerprint density at radius 1 is 1.42 bits per heavy atom. The molecule has 1 aromatic heterocycles. The summed E-state index contributed by atoms with van der Waals surface area (Å²) in [5, 5.41) is 4.59. The summed E-state index contributed by atoms with van der Waals surface area (Å²) in [5.41, 5.74) is 1.22. The first-order valence-electron chi connectivity index (χ1n) is 6.97. The number of methoxy groups -OCH3 is 1. The Hall–Kier alpha value is -0.650. The van der Waals surface area contributed by atoms with E-state index >= 15 is 0 Å². The predicted molar refractivity (Wildman–Crippen MR) is 83.2 cm³/mol. The molecule has 1 heterocycles. The minimum Gasteiger partial charge on any atom is -0.383 e. The molecule has 0 spiro atoms. The van der Waals surface area contributed by atoms with Crippen LogP contribution in [0.4, 0.5) is 5.13 Å². The van der Waals surface area contributed by atoms with Gasteiger partial charge in [0.1, 0.15) is 0 Å². The monoisotopic (exact) mass is 285 g/mol. The molecule has 1 aromatic rings. The lowest BCUT2D eigenvalue weighted by atomic mass is 10.2. The van der Waals surface area contributed by atoms with Gasteiger partial charge in [-0.15, -0.1) is 11.3 Å². The highest BCUT2D eigenvalue weighted by atomic mass is 32.1. The van der Waals surface area contributed by atoms with Gasteiger partial charge in [0.2, 0.25) is 0 Å². The Kier molecular flexibility index (Phi) is 7.34. The largest absolute Gasteiger partial charge is 0.383 e. The van der Waals surface area contributed by atoms with Crippen molar-refractivity contribution in [2.45, 2.75) is 33.7 Å². The highest BCUT2D eigenvalue weighted by Gasteiger charge is 2.12. The van der Waals surface area contributed by atoms with E-state index in [-0.39, 0.29) is 0 Å². The molecule has 0 unspecified atom stereocenters. The SMILES string of the molecule is CCc1nc(N(C)CCOC)sc1CNCC(C)C. The van der Waals surface area contributed by atoms with Gasteiger partial charge in [0.15, 0.2) is 5.13 Å². The van der Waals surface area contributed by atoms with Crippen LogP contribution in [0.1, 0.15) is 31.3 Å². The van der Waals surface area contributed by atoms with Gasteiger partial charge in [0.05, 0.1) is 12.3 Å². The number of likely N-dealkylation sites (N-methyl/N-ethyl adjacent to an activating group) is 1. The van der Waals surface area contributed by atoms with Gasteiger partial charge in [-0.2, -0.15) is 0 Å². The molecule has 0 saturated carbocycles. The van der Waals surface area contributed by atoms with Crippen molar-refractivity contribution in [2.75, 3.05) is 38.8 Å². The average molecular weight is 285 g/mol. The summed E-state index contributed by atoms with van der Waals surface area (Å²) in [6, 6.07) is 0. The maximum absolute atomic E-state index is 5.11. The van der Waals surface area contributed by atoms with Crippen LogP contribution in [-0.2, 0) is 17.7 Å². The van der Waals surface area contributed by atoms with Gasteiger partial charge >= 0.3 is 0 Å². The average Bonchev–Trinajstić information content (AvgIpc) is 2.79. The Balaban J connectivity index is 2.62. The topological polar surface area (TPSA) is 37.4 Å². The van der Waals surface area contributed by atoms with E-state index in [9.17, 15) is 0 Å². The Bertz CT molecular complexity index is 366. The summed E-state index contributed by atoms with van der Waals surface area (Å²) in [6.45, 7) is 10.2. The zero-order valence-corrected chi connectivity index (χ0v) is 13.6. The molecule has 0 saturated heterocycles. The second kappa shape index (κ2) is 8.51. The fourth-order valence-corrected chi connectivity index (χ4v) is 2.85. The van der Waals surface area contributed by atoms with Crippen molar-refractivity contribution in [3.05, 3.63) is 10.6 Å². The van der Waals surface area contributed by atoms with Gasteiger partial charge in [-0.05, 0) is 18.9 Å². The number of hydrogen-bond acceptors (Lipinski definition) is 5. The van der Waals surface area contributed by atoms with Crippen molar-refractivity contribution in [3.63, 3.8) is 0 Å². The maximum Gasteiger partial charge on any atom is 0.185 e. The van der Waals surface area contributed by atoms with E-state index in [1.807, 2.05) is 0 Å². The third-order valence-electron chi connectivity index (χ3n) is 2.90. The van der Waals surface area contributed by atoms with Crippen molar-refractivity contribution < 1.29 is 4.74 Å². The highest BCUT2D eigenvalue weighted by molar-refractivity contribution is 7.15. The van der Waals surface area contributed by atoms with E-state index in [2.05, 4.69) is 38.0 Å². The van der Waals surface area contributed by atoms with Crippen LogP contribution in [0.5, 0.6) is 0 Å². The maximum atomic E-state index is 5.11. The number of thiazole rings is 1. The van der Waals surface area contributed by atoms with E-state index in [0.717, 1.165) is 37.8 Å². The molecular formula is C14H27N3OS. The number of anilines is 1. The Labute approximate surface area is 121 Å². The lowest BCUT2D eigenvalue weighted by Gasteiger charge is -2.14. The molecule has 0 aliphatic carbocycles. The number of ether oxygens (including phenoxy) is 1. The number of aromatic nitrogens is 1. The molecule has 110 valence electrons. The van der Waals surface area contributed by atoms with E-state index in [0.29, 0.717) is 5.92 Å². The molecule has 1 N–H and O–H groups in total. The van der Waals surface area contributed by atoms with Crippen molar-refractivity contribution in [1.82, 2.24) is 10.3 Å². The first-order chi connectivity index (χ1) is 9.08. The summed E-state index contributed by atoms with van der Waals surface area (Å²) in [4.78, 5) is 8.26. The molecule has 0 radical (unpaired) electrons. The van der Waals surface area contributed by atoms with E-state index < -0.39 is 0 Å². The number of nitrogens with zero attached hydrogens (tertiary/aromatic N) is 2. The lowest BCUT2D eigenvalue weighted by Crippen LogP contribution is -2.21. The molecule has 0 aromatic carbocycles. The molecule has 0 fully saturated rings. The quantitative estimate of drug-likeness (QED) is 0.756. The molecule has 5 heteroatoms. The number of nitrogens with one attached hydrogen (secondary N) is 1. The zero-order valence-electron chi connectivity index (χ0n) is 12.8. The van der Waals surface area contributed by atoms with E-state index in [1.165, 1.54) is 10.6 Å². The summed E-state index contributed by atoms with van der Waals surface area (Å²) in [5.74, 6) is 0.682. The van der Waals surface area contributed by atoms with Crippen molar-refractivity contribution in [1.29, 1.82) is 0 Å². The first-order valence-corrected chi connectivity index (χ1v) is 7.79. The molecular weight excluding hydrogens is 258 g/mol. The van der Waals surface area contributed by atoms with Crippen LogP contribution in [0.3, 0.4) is 0 Å². The predicted octanol–water partition coefficient (Wildman–Crippen LogP) is 2.53. The molecule has 0 aliphatic heterocycles. The normalized spacial score (nSPS) is 11.3. The summed E-state index contributed by atoms with van der Waals surface area (Å²) in [7, 11) is 3.80. The van der Waals surface area contributed by atoms with Gasteiger partial charge in [0.25, 0.3) is 0 Å². The summed E-state index contributed by atoms with van der Waals surface area (Å²) < 4.78 is 5.11. The van der Waals surface area contributed by atoms with Crippen LogP contribution in [0.15, 0.2) is 0 Å². The van der Waals surface area contributed by atoms with Gasteiger partial charge < -0.3 is 15.0 Å². The Morgan fingerprint density at radius 2 is 2.16 bits per heavy atom. The molecule has 0 bridgehead atoms. The van der Waals surface area contributed by atoms with Gasteiger partial charge in [-0.1, -0.05) is 20.8 Å². The van der Waals surface area contributed by atoms with Crippen LogP contribution in [0, 0.1) is 5.92 Å². The molecule has 19 heavy (non-hydrogen) atoms. The van der Waals surface area contributed by atoms with Crippen LogP contribution in [0.25, 0.3) is 0 Å². The van der Waals surface area contributed by atoms with E-state index in [1.54, 1.807) is 18.4 Å². The first kappa shape index (κ1) is 16.4. The summed E-state index contributed by atoms with van der Waals surface area (Å²) in [6.07, 6.45) is 0.993. The second-order valence-electron chi connectivity index (χ2n) is 5.16. The van der Waals surface area contributed by atoms with Crippen molar-refractivity contribution in [3.8, 4) is 0 Å². The molecule has 0 amide bonds. The molecule has 0 aliphatic rings. The highest BCUT2D eigenvalue weighted by Crippen LogP contribution is 2.26. The van der Waals surface area contributed by atoms with Gasteiger partial charge in [-0.25, -0.2) is 4.98 Å². The van der Waals surface area contributed by atoms with E-state index in [4.69, 9.17) is 9.72 Å². The van der Waals surface area contributed by atoms with Crippen LogP contribution < -0.4 is 10.2 Å². The molecule has 1 rings (SSSR count). The molecule has 0 atom stereocenters. The van der Waals surface area contributed by atoms with Gasteiger partial charge in [-0.3, -0.25) is 0 Å². The standard InChI is InChI=1S/C14H27N3OS/c1-6-12-13(10-15-9-11(2)3)19-14(16-12)17(4)7-8-18-5/h11,15H,6-10H2,1-5H3. The number of aryl methyl sites for hydroxylation is 1. The lowest BCUT2D eigenvalue weighted by molar-refractivity contribution is 0.206. The minimum absolute atomic E-state index is 0.682. The van der Waals surface area contributed by atoms with Gasteiger partial charge in [0, 0.05) is 32.1 Å². The summed E-state index contributed by atoms with van der Waals surface area (Å²) >= 11 is 1.79. The zero-order chi connectivity index (χ0) is 14.3. The smallest absolute Gasteiger partial charge is 0.185 e. The fourth-order valence-electron chi connectivity index (χ4n) is 1.75. The van der Waals surface area contributed by atoms with Crippen molar-refractivity contribution >= 4 is 16.5 Å². The Morgan fingerprint density at radius 3 is 2.74 bits per heavy atom. The van der Waals surface area contributed by atoms with Crippen LogP contribution in [0.2, 0.25) is 0 Å². The third-order valence-corrected chi connectivity index (χ3v) is 4.11. The number of rotatable bonds is 9.